The number of nitrogens with one attached hydrogen (secondary N) is 1. The number of urea groups is 1. The fourth-order valence-corrected chi connectivity index (χ4v) is 3.44. The molecule has 1 aromatic heterocycles. The third kappa shape index (κ3) is 3.75. The van der Waals surface area contributed by atoms with E-state index in [0.29, 0.717) is 18.8 Å². The quantitative estimate of drug-likeness (QED) is 0.757. The zero-order chi connectivity index (χ0) is 19.5. The van der Waals surface area contributed by atoms with Crippen LogP contribution < -0.4 is 5.32 Å². The summed E-state index contributed by atoms with van der Waals surface area (Å²) in [5.41, 5.74) is 3.84. The van der Waals surface area contributed by atoms with Gasteiger partial charge in [0.25, 0.3) is 0 Å². The van der Waals surface area contributed by atoms with Gasteiger partial charge >= 0.3 is 6.03 Å². The lowest BCUT2D eigenvalue weighted by Gasteiger charge is -2.38. The van der Waals surface area contributed by atoms with Crippen LogP contribution in [0.15, 0.2) is 60.9 Å². The van der Waals surface area contributed by atoms with Crippen molar-refractivity contribution >= 4 is 11.7 Å². The molecule has 28 heavy (non-hydrogen) atoms. The number of hydrogen-bond acceptors (Lipinski definition) is 4. The molecule has 4 rings (SSSR count). The summed E-state index contributed by atoms with van der Waals surface area (Å²) in [6, 6.07) is 15.5. The molecule has 0 radical (unpaired) electrons. The number of ether oxygens (including phenoxy) is 1. The van der Waals surface area contributed by atoms with Crippen LogP contribution in [0.4, 0.5) is 10.5 Å². The van der Waals surface area contributed by atoms with Crippen LogP contribution >= 0.6 is 0 Å². The minimum Gasteiger partial charge on any atom is -0.370 e. The largest absolute Gasteiger partial charge is 0.370 e. The van der Waals surface area contributed by atoms with E-state index in [9.17, 15) is 4.79 Å². The minimum absolute atomic E-state index is 0.00114. The molecule has 1 aliphatic heterocycles. The Morgan fingerprint density at radius 3 is 2.86 bits per heavy atom. The zero-order valence-corrected chi connectivity index (χ0v) is 15.9. The molecule has 2 aromatic carbocycles. The van der Waals surface area contributed by atoms with Crippen LogP contribution in [-0.4, -0.2) is 45.1 Å². The summed E-state index contributed by atoms with van der Waals surface area (Å²) in [6.45, 7) is 5.09. The number of aryl methyl sites for hydroxylation is 1. The van der Waals surface area contributed by atoms with Crippen molar-refractivity contribution in [1.29, 1.82) is 0 Å². The number of rotatable bonds is 3. The highest BCUT2D eigenvalue weighted by Crippen LogP contribution is 2.27. The number of anilines is 1. The molecule has 0 saturated carbocycles. The Kier molecular flexibility index (Phi) is 5.08. The van der Waals surface area contributed by atoms with Gasteiger partial charge in [-0.3, -0.25) is 0 Å². The molecule has 7 heteroatoms. The molecule has 1 fully saturated rings. The van der Waals surface area contributed by atoms with Crippen LogP contribution in [0.2, 0.25) is 0 Å². The van der Waals surface area contributed by atoms with Gasteiger partial charge in [-0.25, -0.2) is 9.48 Å². The second kappa shape index (κ2) is 7.82. The van der Waals surface area contributed by atoms with E-state index < -0.39 is 0 Å². The molecule has 0 bridgehead atoms. The molecule has 0 spiro atoms. The summed E-state index contributed by atoms with van der Waals surface area (Å²) in [4.78, 5) is 14.8. The topological polar surface area (TPSA) is 72.3 Å². The van der Waals surface area contributed by atoms with Gasteiger partial charge in [-0.2, -0.15) is 0 Å². The standard InChI is InChI=1S/C21H23N5O2/c1-15-6-3-4-9-19(15)20-13-25(16(2)14-28-20)21(27)23-17-7-5-8-18(12-17)26-11-10-22-24-26/h3-12,16,20H,13-14H2,1-2H3,(H,23,27)/t16-,20-/m1/s1. The van der Waals surface area contributed by atoms with E-state index in [1.165, 1.54) is 5.56 Å². The lowest BCUT2D eigenvalue weighted by molar-refractivity contribution is -0.0410. The Labute approximate surface area is 163 Å². The highest BCUT2D eigenvalue weighted by molar-refractivity contribution is 5.90. The van der Waals surface area contributed by atoms with Crippen LogP contribution in [0.25, 0.3) is 5.69 Å². The maximum absolute atomic E-state index is 13.0. The molecule has 144 valence electrons. The Morgan fingerprint density at radius 2 is 2.07 bits per heavy atom. The van der Waals surface area contributed by atoms with Gasteiger partial charge in [0.1, 0.15) is 6.10 Å². The first-order valence-corrected chi connectivity index (χ1v) is 9.33. The summed E-state index contributed by atoms with van der Waals surface area (Å²) in [7, 11) is 0. The predicted octanol–water partition coefficient (Wildman–Crippen LogP) is 3.57. The summed E-state index contributed by atoms with van der Waals surface area (Å²) in [6.07, 6.45) is 3.26. The fraction of sp³-hybridized carbons (Fsp3) is 0.286. The number of benzene rings is 2. The number of nitrogens with zero attached hydrogens (tertiary/aromatic N) is 4. The molecular formula is C21H23N5O2. The van der Waals surface area contributed by atoms with Crippen molar-refractivity contribution in [2.24, 2.45) is 0 Å². The van der Waals surface area contributed by atoms with Crippen molar-refractivity contribution in [2.75, 3.05) is 18.5 Å². The monoisotopic (exact) mass is 377 g/mol. The number of carbonyl (C=O) groups is 1. The number of aromatic nitrogens is 3. The first-order valence-electron chi connectivity index (χ1n) is 9.33. The molecule has 3 aromatic rings. The first-order chi connectivity index (χ1) is 13.6. The van der Waals surface area contributed by atoms with E-state index in [2.05, 4.69) is 34.7 Å². The van der Waals surface area contributed by atoms with Gasteiger partial charge in [-0.05, 0) is 43.2 Å². The number of morpholine rings is 1. The van der Waals surface area contributed by atoms with Gasteiger partial charge in [0.05, 0.1) is 37.3 Å². The third-order valence-electron chi connectivity index (χ3n) is 5.01. The maximum atomic E-state index is 13.0. The van der Waals surface area contributed by atoms with Crippen LogP contribution in [-0.2, 0) is 4.74 Å². The zero-order valence-electron chi connectivity index (χ0n) is 15.9. The van der Waals surface area contributed by atoms with Crippen LogP contribution in [0.5, 0.6) is 0 Å². The lowest BCUT2D eigenvalue weighted by Crippen LogP contribution is -2.50. The van der Waals surface area contributed by atoms with Crippen molar-refractivity contribution in [1.82, 2.24) is 19.9 Å². The molecule has 2 heterocycles. The van der Waals surface area contributed by atoms with Gasteiger partial charge in [0, 0.05) is 5.69 Å². The Balaban J connectivity index is 1.49. The van der Waals surface area contributed by atoms with E-state index >= 15 is 0 Å². The minimum atomic E-state index is -0.134. The summed E-state index contributed by atoms with van der Waals surface area (Å²) < 4.78 is 7.67. The predicted molar refractivity (Wildman–Crippen MR) is 106 cm³/mol. The van der Waals surface area contributed by atoms with E-state index in [-0.39, 0.29) is 18.2 Å². The second-order valence-electron chi connectivity index (χ2n) is 7.01. The van der Waals surface area contributed by atoms with Gasteiger partial charge in [-0.1, -0.05) is 35.5 Å². The fourth-order valence-electron chi connectivity index (χ4n) is 3.44. The van der Waals surface area contributed by atoms with Crippen molar-refractivity contribution in [3.63, 3.8) is 0 Å². The number of carbonyl (C=O) groups excluding carboxylic acids is 1. The van der Waals surface area contributed by atoms with Crippen molar-refractivity contribution in [2.45, 2.75) is 26.0 Å². The van der Waals surface area contributed by atoms with Gasteiger partial charge < -0.3 is 15.0 Å². The summed E-state index contributed by atoms with van der Waals surface area (Å²) in [5, 5.41) is 10.8. The average molecular weight is 377 g/mol. The Morgan fingerprint density at radius 1 is 1.21 bits per heavy atom. The lowest BCUT2D eigenvalue weighted by atomic mass is 10.0. The summed E-state index contributed by atoms with van der Waals surface area (Å²) >= 11 is 0. The smallest absolute Gasteiger partial charge is 0.322 e. The van der Waals surface area contributed by atoms with Crippen molar-refractivity contribution in [3.05, 3.63) is 72.1 Å². The molecule has 0 aliphatic carbocycles. The average Bonchev–Trinajstić information content (AvgIpc) is 3.24. The Hall–Kier alpha value is -3.19. The van der Waals surface area contributed by atoms with Crippen molar-refractivity contribution < 1.29 is 9.53 Å². The number of hydrogen-bond donors (Lipinski definition) is 1. The molecule has 0 unspecified atom stereocenters. The highest BCUT2D eigenvalue weighted by Gasteiger charge is 2.31. The first kappa shape index (κ1) is 18.2. The highest BCUT2D eigenvalue weighted by atomic mass is 16.5. The molecule has 2 amide bonds. The van der Waals surface area contributed by atoms with E-state index in [1.807, 2.05) is 48.2 Å². The molecular weight excluding hydrogens is 354 g/mol. The van der Waals surface area contributed by atoms with E-state index in [1.54, 1.807) is 17.1 Å². The molecule has 1 saturated heterocycles. The van der Waals surface area contributed by atoms with Gasteiger partial charge in [-0.15, -0.1) is 5.10 Å². The van der Waals surface area contributed by atoms with Crippen LogP contribution in [0.3, 0.4) is 0 Å². The van der Waals surface area contributed by atoms with Crippen LogP contribution in [0.1, 0.15) is 24.2 Å². The number of amides is 2. The molecule has 7 nitrogen and oxygen atoms in total. The van der Waals surface area contributed by atoms with Crippen molar-refractivity contribution in [3.8, 4) is 5.69 Å². The van der Waals surface area contributed by atoms with Gasteiger partial charge in [0.15, 0.2) is 0 Å². The second-order valence-corrected chi connectivity index (χ2v) is 7.01. The molecule has 1 N–H and O–H groups in total. The molecule has 1 aliphatic rings. The van der Waals surface area contributed by atoms with Gasteiger partial charge in [0.2, 0.25) is 0 Å². The summed E-state index contributed by atoms with van der Waals surface area (Å²) in [5.74, 6) is 0. The maximum Gasteiger partial charge on any atom is 0.322 e. The Bertz CT molecular complexity index is 957. The van der Waals surface area contributed by atoms with E-state index in [4.69, 9.17) is 4.74 Å². The molecule has 2 atom stereocenters. The van der Waals surface area contributed by atoms with Crippen LogP contribution in [0, 0.1) is 6.92 Å². The third-order valence-corrected chi connectivity index (χ3v) is 5.01. The normalized spacial score (nSPS) is 19.4. The SMILES string of the molecule is Cc1ccccc1[C@H]1CN(C(=O)Nc2cccc(-n3ccnn3)c2)[C@H](C)CO1. The van der Waals surface area contributed by atoms with E-state index in [0.717, 1.165) is 11.3 Å².